The van der Waals surface area contributed by atoms with Crippen LogP contribution in [-0.2, 0) is 12.0 Å². The van der Waals surface area contributed by atoms with E-state index in [4.69, 9.17) is 4.52 Å². The van der Waals surface area contributed by atoms with Gasteiger partial charge in [0.25, 0.3) is 0 Å². The molecule has 2 N–H and O–H groups in total. The molecule has 0 spiro atoms. The van der Waals surface area contributed by atoms with E-state index < -0.39 is 0 Å². The molecule has 0 aromatic carbocycles. The second-order valence-corrected chi connectivity index (χ2v) is 7.29. The molecule has 1 aliphatic rings. The Balaban J connectivity index is 1.82. The molecule has 2 rings (SSSR count). The molecular weight excluding hydrogens is 304 g/mol. The van der Waals surface area contributed by atoms with Crippen LogP contribution in [0.2, 0.25) is 0 Å². The number of rotatable bonds is 6. The molecule has 0 aliphatic carbocycles. The van der Waals surface area contributed by atoms with Crippen LogP contribution in [0, 0.1) is 0 Å². The van der Waals surface area contributed by atoms with Crippen LogP contribution in [0.5, 0.6) is 0 Å². The number of hydrogen-bond acceptors (Lipinski definition) is 5. The highest BCUT2D eigenvalue weighted by Gasteiger charge is 2.21. The van der Waals surface area contributed by atoms with Crippen LogP contribution in [0.25, 0.3) is 0 Å². The van der Waals surface area contributed by atoms with Crippen LogP contribution in [-0.4, -0.2) is 53.7 Å². The Hall–Kier alpha value is -1.63. The van der Waals surface area contributed by atoms with Gasteiger partial charge in [-0.2, -0.15) is 4.98 Å². The fourth-order valence-corrected chi connectivity index (χ4v) is 2.63. The predicted molar refractivity (Wildman–Crippen MR) is 96.1 cm³/mol. The van der Waals surface area contributed by atoms with Gasteiger partial charge in [0.1, 0.15) is 6.54 Å². The van der Waals surface area contributed by atoms with E-state index in [0.717, 1.165) is 25.6 Å². The van der Waals surface area contributed by atoms with Gasteiger partial charge in [-0.25, -0.2) is 4.99 Å². The quantitative estimate of drug-likeness (QED) is 0.610. The second-order valence-electron chi connectivity index (χ2n) is 7.29. The second kappa shape index (κ2) is 9.01. The third-order valence-corrected chi connectivity index (χ3v) is 4.00. The van der Waals surface area contributed by atoms with Gasteiger partial charge in [0.05, 0.1) is 0 Å². The van der Waals surface area contributed by atoms with Crippen molar-refractivity contribution in [3.05, 3.63) is 11.7 Å². The molecule has 1 aromatic heterocycles. The van der Waals surface area contributed by atoms with Crippen molar-refractivity contribution in [2.24, 2.45) is 4.99 Å². The smallest absolute Gasteiger partial charge is 0.232 e. The van der Waals surface area contributed by atoms with Crippen LogP contribution in [0.3, 0.4) is 0 Å². The number of aromatic nitrogens is 2. The summed E-state index contributed by atoms with van der Waals surface area (Å²) in [5.41, 5.74) is -0.133. The molecule has 24 heavy (non-hydrogen) atoms. The van der Waals surface area contributed by atoms with Gasteiger partial charge in [-0.05, 0) is 32.9 Å². The molecule has 7 nitrogen and oxygen atoms in total. The number of hydrogen-bond donors (Lipinski definition) is 2. The highest BCUT2D eigenvalue weighted by molar-refractivity contribution is 5.79. The summed E-state index contributed by atoms with van der Waals surface area (Å²) >= 11 is 0. The molecule has 1 saturated heterocycles. The fraction of sp³-hybridized carbons (Fsp3) is 0.824. The van der Waals surface area contributed by atoms with E-state index in [2.05, 4.69) is 58.4 Å². The van der Waals surface area contributed by atoms with E-state index in [9.17, 15) is 0 Å². The first kappa shape index (κ1) is 18.7. The van der Waals surface area contributed by atoms with E-state index in [1.54, 1.807) is 0 Å². The molecule has 0 saturated carbocycles. The van der Waals surface area contributed by atoms with E-state index in [-0.39, 0.29) is 5.41 Å². The number of aliphatic imine (C=N–C) groups is 1. The largest absolute Gasteiger partial charge is 0.357 e. The molecule has 0 radical (unpaired) electrons. The number of likely N-dealkylation sites (tertiary alicyclic amines) is 1. The average Bonchev–Trinajstić information content (AvgIpc) is 3.03. The Morgan fingerprint density at radius 2 is 1.96 bits per heavy atom. The van der Waals surface area contributed by atoms with Crippen LogP contribution in [0.4, 0.5) is 0 Å². The normalized spacial score (nSPS) is 17.1. The Morgan fingerprint density at radius 3 is 2.58 bits per heavy atom. The summed E-state index contributed by atoms with van der Waals surface area (Å²) in [7, 11) is 0. The zero-order chi connectivity index (χ0) is 17.4. The highest BCUT2D eigenvalue weighted by Crippen LogP contribution is 2.19. The minimum Gasteiger partial charge on any atom is -0.357 e. The first-order chi connectivity index (χ1) is 11.5. The third kappa shape index (κ3) is 6.11. The molecule has 1 aromatic rings. The van der Waals surface area contributed by atoms with Crippen molar-refractivity contribution >= 4 is 5.96 Å². The maximum atomic E-state index is 5.30. The molecule has 7 heteroatoms. The lowest BCUT2D eigenvalue weighted by Crippen LogP contribution is -2.42. The SMILES string of the molecule is CCNC(=NCc1noc(C(C)(C)C)n1)NCCN1CCCCC1. The van der Waals surface area contributed by atoms with Gasteiger partial charge in [0, 0.05) is 25.0 Å². The monoisotopic (exact) mass is 336 g/mol. The standard InChI is InChI=1S/C17H32N6O/c1-5-18-16(19-9-12-23-10-7-6-8-11-23)20-13-14-21-15(24-22-14)17(2,3)4/h5-13H2,1-4H3,(H2,18,19,20). The van der Waals surface area contributed by atoms with Gasteiger partial charge in [-0.3, -0.25) is 0 Å². The van der Waals surface area contributed by atoms with E-state index >= 15 is 0 Å². The molecule has 136 valence electrons. The van der Waals surface area contributed by atoms with Crippen molar-refractivity contribution in [2.75, 3.05) is 32.7 Å². The molecule has 0 bridgehead atoms. The third-order valence-electron chi connectivity index (χ3n) is 4.00. The maximum Gasteiger partial charge on any atom is 0.232 e. The Morgan fingerprint density at radius 1 is 1.21 bits per heavy atom. The first-order valence-corrected chi connectivity index (χ1v) is 9.06. The first-order valence-electron chi connectivity index (χ1n) is 9.06. The van der Waals surface area contributed by atoms with Crippen LogP contribution >= 0.6 is 0 Å². The number of piperidine rings is 1. The van der Waals surface area contributed by atoms with Crippen molar-refractivity contribution in [1.29, 1.82) is 0 Å². The highest BCUT2D eigenvalue weighted by atomic mass is 16.5. The number of nitrogens with one attached hydrogen (secondary N) is 2. The summed E-state index contributed by atoms with van der Waals surface area (Å²) in [4.78, 5) is 11.5. The van der Waals surface area contributed by atoms with Gasteiger partial charge >= 0.3 is 0 Å². The lowest BCUT2D eigenvalue weighted by Gasteiger charge is -2.26. The van der Waals surface area contributed by atoms with Crippen molar-refractivity contribution in [3.8, 4) is 0 Å². The molecule has 1 aliphatic heterocycles. The average molecular weight is 336 g/mol. The van der Waals surface area contributed by atoms with Gasteiger partial charge in [-0.15, -0.1) is 0 Å². The number of nitrogens with zero attached hydrogens (tertiary/aromatic N) is 4. The van der Waals surface area contributed by atoms with Crippen molar-refractivity contribution < 1.29 is 4.52 Å². The minimum atomic E-state index is -0.133. The zero-order valence-electron chi connectivity index (χ0n) is 15.6. The lowest BCUT2D eigenvalue weighted by atomic mass is 9.97. The van der Waals surface area contributed by atoms with E-state index in [1.165, 1.54) is 32.4 Å². The molecule has 0 atom stereocenters. The molecule has 1 fully saturated rings. The molecule has 0 unspecified atom stereocenters. The van der Waals surface area contributed by atoms with Crippen LogP contribution < -0.4 is 10.6 Å². The summed E-state index contributed by atoms with van der Waals surface area (Å²) in [5.74, 6) is 2.07. The van der Waals surface area contributed by atoms with Gasteiger partial charge in [-0.1, -0.05) is 32.3 Å². The summed E-state index contributed by atoms with van der Waals surface area (Å²) in [6.07, 6.45) is 4.01. The van der Waals surface area contributed by atoms with Crippen LogP contribution in [0.15, 0.2) is 9.52 Å². The molecule has 0 amide bonds. The predicted octanol–water partition coefficient (Wildman–Crippen LogP) is 1.91. The molecule has 2 heterocycles. The topological polar surface area (TPSA) is 78.6 Å². The van der Waals surface area contributed by atoms with Crippen molar-refractivity contribution in [1.82, 2.24) is 25.7 Å². The summed E-state index contributed by atoms with van der Waals surface area (Å²) < 4.78 is 5.30. The fourth-order valence-electron chi connectivity index (χ4n) is 2.63. The van der Waals surface area contributed by atoms with Gasteiger partial charge in [0.2, 0.25) is 5.89 Å². The van der Waals surface area contributed by atoms with Gasteiger partial charge in [0.15, 0.2) is 11.8 Å². The minimum absolute atomic E-state index is 0.133. The van der Waals surface area contributed by atoms with E-state index in [0.29, 0.717) is 18.3 Å². The van der Waals surface area contributed by atoms with E-state index in [1.807, 2.05) is 0 Å². The molecular formula is C17H32N6O. The number of guanidine groups is 1. The van der Waals surface area contributed by atoms with Crippen molar-refractivity contribution in [3.63, 3.8) is 0 Å². The Bertz CT molecular complexity index is 513. The zero-order valence-corrected chi connectivity index (χ0v) is 15.6. The summed E-state index contributed by atoms with van der Waals surface area (Å²) in [5, 5.41) is 10.7. The summed E-state index contributed by atoms with van der Waals surface area (Å²) in [6, 6.07) is 0. The maximum absolute atomic E-state index is 5.30. The van der Waals surface area contributed by atoms with Gasteiger partial charge < -0.3 is 20.1 Å². The Labute approximate surface area is 145 Å². The van der Waals surface area contributed by atoms with Crippen molar-refractivity contribution in [2.45, 2.75) is 58.9 Å². The Kier molecular flexibility index (Phi) is 7.02. The lowest BCUT2D eigenvalue weighted by molar-refractivity contribution is 0.232. The van der Waals surface area contributed by atoms with Crippen LogP contribution in [0.1, 0.15) is 58.7 Å². The summed E-state index contributed by atoms with van der Waals surface area (Å²) in [6.45, 7) is 13.9.